The van der Waals surface area contributed by atoms with E-state index in [0.717, 1.165) is 16.7 Å². The highest BCUT2D eigenvalue weighted by Gasteiger charge is 2.35. The maximum atomic E-state index is 12.8. The van der Waals surface area contributed by atoms with Gasteiger partial charge in [-0.3, -0.25) is 29.4 Å². The highest BCUT2D eigenvalue weighted by Crippen LogP contribution is 2.40. The van der Waals surface area contributed by atoms with Crippen LogP contribution in [-0.4, -0.2) is 61.3 Å². The van der Waals surface area contributed by atoms with Crippen LogP contribution in [-0.2, 0) is 4.79 Å². The van der Waals surface area contributed by atoms with Crippen molar-refractivity contribution < 1.29 is 33.5 Å². The molecule has 0 aliphatic carbocycles. The van der Waals surface area contributed by atoms with E-state index in [1.54, 1.807) is 12.1 Å². The molecule has 3 rings (SSSR count). The summed E-state index contributed by atoms with van der Waals surface area (Å²) in [5, 5.41) is 13.1. The SMILES string of the molecule is COc1cc(C=C2SC(=O)N(CCNC(=O)c3ccccc3[N+](=O)[O-])C2=O)cc(OC)c1OC. The molecule has 1 aliphatic rings. The molecule has 0 radical (unpaired) electrons. The van der Waals surface area contributed by atoms with Crippen molar-refractivity contribution in [3.05, 3.63) is 62.5 Å². The molecule has 0 saturated carbocycles. The van der Waals surface area contributed by atoms with Gasteiger partial charge in [-0.2, -0.15) is 0 Å². The van der Waals surface area contributed by atoms with Crippen LogP contribution in [0.5, 0.6) is 17.2 Å². The molecule has 1 aliphatic heterocycles. The van der Waals surface area contributed by atoms with Crippen molar-refractivity contribution >= 4 is 40.6 Å². The Morgan fingerprint density at radius 2 is 1.76 bits per heavy atom. The lowest BCUT2D eigenvalue weighted by Gasteiger charge is -2.13. The number of nitro groups is 1. The van der Waals surface area contributed by atoms with Crippen LogP contribution in [0, 0.1) is 10.1 Å². The second-order valence-electron chi connectivity index (χ2n) is 6.82. The van der Waals surface area contributed by atoms with Gasteiger partial charge in [0.1, 0.15) is 5.56 Å². The smallest absolute Gasteiger partial charge is 0.293 e. The minimum Gasteiger partial charge on any atom is -0.493 e. The molecule has 0 spiro atoms. The number of nitrogens with zero attached hydrogens (tertiary/aromatic N) is 2. The molecule has 0 atom stereocenters. The van der Waals surface area contributed by atoms with Crippen molar-refractivity contribution in [3.63, 3.8) is 0 Å². The van der Waals surface area contributed by atoms with E-state index >= 15 is 0 Å². The molecule has 12 heteroatoms. The number of hydrogen-bond donors (Lipinski definition) is 1. The van der Waals surface area contributed by atoms with Gasteiger partial charge >= 0.3 is 0 Å². The van der Waals surface area contributed by atoms with E-state index in [-0.39, 0.29) is 29.2 Å². The molecule has 0 bridgehead atoms. The molecular weight excluding hydrogens is 466 g/mol. The molecule has 3 amide bonds. The van der Waals surface area contributed by atoms with Crippen molar-refractivity contribution in [1.29, 1.82) is 0 Å². The number of benzene rings is 2. The summed E-state index contributed by atoms with van der Waals surface area (Å²) in [6.45, 7) is -0.163. The van der Waals surface area contributed by atoms with Crippen LogP contribution < -0.4 is 19.5 Å². The quantitative estimate of drug-likeness (QED) is 0.321. The van der Waals surface area contributed by atoms with Crippen LogP contribution in [0.4, 0.5) is 10.5 Å². The van der Waals surface area contributed by atoms with Gasteiger partial charge in [0.05, 0.1) is 31.2 Å². The van der Waals surface area contributed by atoms with Crippen molar-refractivity contribution in [1.82, 2.24) is 10.2 Å². The number of imide groups is 1. The Balaban J connectivity index is 1.70. The number of nitro benzene ring substituents is 1. The van der Waals surface area contributed by atoms with Crippen molar-refractivity contribution in [2.24, 2.45) is 0 Å². The highest BCUT2D eigenvalue weighted by molar-refractivity contribution is 8.18. The van der Waals surface area contributed by atoms with Gasteiger partial charge in [-0.25, -0.2) is 0 Å². The number of nitrogens with one attached hydrogen (secondary N) is 1. The van der Waals surface area contributed by atoms with Crippen LogP contribution in [0.2, 0.25) is 0 Å². The van der Waals surface area contributed by atoms with E-state index < -0.39 is 22.0 Å². The van der Waals surface area contributed by atoms with Gasteiger partial charge in [-0.05, 0) is 41.6 Å². The zero-order chi connectivity index (χ0) is 24.8. The normalized spacial score (nSPS) is 14.3. The Hall–Kier alpha value is -4.06. The largest absolute Gasteiger partial charge is 0.493 e. The Kier molecular flexibility index (Phi) is 7.74. The van der Waals surface area contributed by atoms with Crippen LogP contribution in [0.1, 0.15) is 15.9 Å². The van der Waals surface area contributed by atoms with Crippen LogP contribution >= 0.6 is 11.8 Å². The van der Waals surface area contributed by atoms with Crippen molar-refractivity contribution in [2.45, 2.75) is 0 Å². The molecule has 0 aromatic heterocycles. The number of rotatable bonds is 9. The molecule has 2 aromatic rings. The van der Waals surface area contributed by atoms with Gasteiger partial charge in [0.2, 0.25) is 5.75 Å². The first kappa shape index (κ1) is 24.6. The Morgan fingerprint density at radius 3 is 2.35 bits per heavy atom. The van der Waals surface area contributed by atoms with Gasteiger partial charge in [-0.1, -0.05) is 12.1 Å². The molecule has 2 aromatic carbocycles. The van der Waals surface area contributed by atoms with Gasteiger partial charge in [0, 0.05) is 19.2 Å². The fourth-order valence-corrected chi connectivity index (χ4v) is 4.10. The summed E-state index contributed by atoms with van der Waals surface area (Å²) in [6, 6.07) is 8.79. The molecule has 178 valence electrons. The lowest BCUT2D eigenvalue weighted by molar-refractivity contribution is -0.385. The minimum atomic E-state index is -0.674. The summed E-state index contributed by atoms with van der Waals surface area (Å²) in [7, 11) is 4.40. The summed E-state index contributed by atoms with van der Waals surface area (Å²) in [5.41, 5.74) is 0.119. The summed E-state index contributed by atoms with van der Waals surface area (Å²) in [5.74, 6) is -0.0179. The van der Waals surface area contributed by atoms with E-state index in [2.05, 4.69) is 5.32 Å². The fourth-order valence-electron chi connectivity index (χ4n) is 3.23. The third-order valence-electron chi connectivity index (χ3n) is 4.82. The van der Waals surface area contributed by atoms with Gasteiger partial charge in [-0.15, -0.1) is 0 Å². The van der Waals surface area contributed by atoms with Crippen LogP contribution in [0.15, 0.2) is 41.3 Å². The first-order valence-corrected chi connectivity index (χ1v) is 10.7. The number of para-hydroxylation sites is 1. The first-order valence-electron chi connectivity index (χ1n) is 9.87. The molecule has 11 nitrogen and oxygen atoms in total. The van der Waals surface area contributed by atoms with Crippen molar-refractivity contribution in [3.8, 4) is 17.2 Å². The molecule has 1 N–H and O–H groups in total. The lowest BCUT2D eigenvalue weighted by Crippen LogP contribution is -2.37. The summed E-state index contributed by atoms with van der Waals surface area (Å²) < 4.78 is 15.9. The van der Waals surface area contributed by atoms with E-state index in [9.17, 15) is 24.5 Å². The molecular formula is C22H21N3O8S. The maximum Gasteiger partial charge on any atom is 0.293 e. The number of ether oxygens (including phenoxy) is 3. The molecule has 1 saturated heterocycles. The van der Waals surface area contributed by atoms with Crippen LogP contribution in [0.25, 0.3) is 6.08 Å². The number of carbonyl (C=O) groups excluding carboxylic acids is 3. The summed E-state index contributed by atoms with van der Waals surface area (Å²) >= 11 is 0.759. The van der Waals surface area contributed by atoms with E-state index in [0.29, 0.717) is 22.8 Å². The standard InChI is InChI=1S/C22H21N3O8S/c1-31-16-10-13(11-17(32-2)19(16)33-3)12-18-21(27)24(22(28)34-18)9-8-23-20(26)14-6-4-5-7-15(14)25(29)30/h4-7,10-12H,8-9H2,1-3H3,(H,23,26). The van der Waals surface area contributed by atoms with Gasteiger partial charge in [0.15, 0.2) is 11.5 Å². The third kappa shape index (κ3) is 5.12. The lowest BCUT2D eigenvalue weighted by atomic mass is 10.1. The maximum absolute atomic E-state index is 12.8. The predicted octanol–water partition coefficient (Wildman–Crippen LogP) is 3.09. The number of carbonyl (C=O) groups is 3. The average molecular weight is 487 g/mol. The predicted molar refractivity (Wildman–Crippen MR) is 124 cm³/mol. The minimum absolute atomic E-state index is 0.0691. The molecule has 34 heavy (non-hydrogen) atoms. The van der Waals surface area contributed by atoms with Gasteiger partial charge < -0.3 is 19.5 Å². The molecule has 0 unspecified atom stereocenters. The zero-order valence-electron chi connectivity index (χ0n) is 18.5. The number of thioether (sulfide) groups is 1. The number of amides is 3. The summed E-state index contributed by atoms with van der Waals surface area (Å²) in [4.78, 5) is 49.1. The number of methoxy groups -OCH3 is 3. The van der Waals surface area contributed by atoms with Crippen molar-refractivity contribution in [2.75, 3.05) is 34.4 Å². The Bertz CT molecular complexity index is 1160. The van der Waals surface area contributed by atoms with Crippen LogP contribution in [0.3, 0.4) is 0 Å². The zero-order valence-corrected chi connectivity index (χ0v) is 19.3. The Morgan fingerprint density at radius 1 is 1.12 bits per heavy atom. The summed E-state index contributed by atoms with van der Waals surface area (Å²) in [6.07, 6.45) is 1.53. The Labute approximate surface area is 198 Å². The molecule has 1 heterocycles. The second kappa shape index (κ2) is 10.7. The fraction of sp³-hybridized carbons (Fsp3) is 0.227. The second-order valence-corrected chi connectivity index (χ2v) is 7.82. The van der Waals surface area contributed by atoms with Gasteiger partial charge in [0.25, 0.3) is 22.7 Å². The first-order chi connectivity index (χ1) is 16.3. The average Bonchev–Trinajstić information content (AvgIpc) is 3.10. The monoisotopic (exact) mass is 487 g/mol. The highest BCUT2D eigenvalue weighted by atomic mass is 32.2. The third-order valence-corrected chi connectivity index (χ3v) is 5.73. The van der Waals surface area contributed by atoms with E-state index in [1.165, 1.54) is 51.7 Å². The topological polar surface area (TPSA) is 137 Å². The van der Waals surface area contributed by atoms with E-state index in [1.807, 2.05) is 0 Å². The molecule has 1 fully saturated rings. The van der Waals surface area contributed by atoms with E-state index in [4.69, 9.17) is 14.2 Å². The number of hydrogen-bond acceptors (Lipinski definition) is 9.